The lowest BCUT2D eigenvalue weighted by molar-refractivity contribution is 1.13. The topological polar surface area (TPSA) is 66.3 Å². The molecule has 0 radical (unpaired) electrons. The Hall–Kier alpha value is -12.6. The summed E-state index contributed by atoms with van der Waals surface area (Å²) in [6.45, 7) is 0. The van der Waals surface area contributed by atoms with Gasteiger partial charge in [-0.3, -0.25) is 0 Å². The van der Waals surface area contributed by atoms with Gasteiger partial charge in [0.1, 0.15) is 0 Å². The highest BCUT2D eigenvalue weighted by atomic mass is 15.0. The Bertz CT molecular complexity index is 5390. The fourth-order valence-electron chi connectivity index (χ4n) is 13.4. The van der Waals surface area contributed by atoms with Crippen molar-refractivity contribution in [3.63, 3.8) is 0 Å². The van der Waals surface area contributed by atoms with E-state index in [1.807, 2.05) is 60.7 Å². The molecule has 18 rings (SSSR count). The lowest BCUT2D eigenvalue weighted by Crippen LogP contribution is -2.01. The van der Waals surface area contributed by atoms with Gasteiger partial charge < -0.3 is 13.7 Å². The van der Waals surface area contributed by atoms with Gasteiger partial charge in [-0.25, -0.2) is 19.9 Å². The van der Waals surface area contributed by atoms with Crippen molar-refractivity contribution in [1.82, 2.24) is 33.6 Å². The van der Waals surface area contributed by atoms with E-state index in [1.165, 1.54) is 43.4 Å². The van der Waals surface area contributed by atoms with Crippen LogP contribution < -0.4 is 0 Å². The van der Waals surface area contributed by atoms with E-state index in [2.05, 4.69) is 299 Å². The molecule has 0 bridgehead atoms. The van der Waals surface area contributed by atoms with Crippen molar-refractivity contribution >= 4 is 65.4 Å². The predicted octanol–water partition coefficient (Wildman–Crippen LogP) is 21.9. The lowest BCUT2D eigenvalue weighted by atomic mass is 10.0. The minimum atomic E-state index is 0.697. The van der Waals surface area contributed by atoms with Crippen LogP contribution in [0.5, 0.6) is 0 Å². The molecule has 0 amide bonds. The van der Waals surface area contributed by atoms with Crippen LogP contribution in [-0.4, -0.2) is 33.6 Å². The maximum absolute atomic E-state index is 5.26. The third kappa shape index (κ3) is 10.1. The van der Waals surface area contributed by atoms with Crippen molar-refractivity contribution in [1.29, 1.82) is 0 Å². The van der Waals surface area contributed by atoms with Crippen molar-refractivity contribution in [2.24, 2.45) is 0 Å². The predicted molar refractivity (Wildman–Crippen MR) is 385 cm³/mol. The number of aromatic nitrogens is 7. The highest BCUT2D eigenvalue weighted by Gasteiger charge is 2.20. The van der Waals surface area contributed by atoms with Gasteiger partial charge in [0, 0.05) is 82.8 Å². The van der Waals surface area contributed by atoms with Crippen LogP contribution in [0.3, 0.4) is 0 Å². The summed E-state index contributed by atoms with van der Waals surface area (Å²) in [5.74, 6) is 1.42. The summed E-state index contributed by atoms with van der Waals surface area (Å²) < 4.78 is 7.13. The van der Waals surface area contributed by atoms with Crippen LogP contribution in [0.4, 0.5) is 0 Å². The minimum Gasteiger partial charge on any atom is -0.309 e. The number of hydrogen-bond donors (Lipinski definition) is 0. The Morgan fingerprint density at radius 1 is 0.161 bits per heavy atom. The van der Waals surface area contributed by atoms with Gasteiger partial charge in [0.15, 0.2) is 11.6 Å². The minimum absolute atomic E-state index is 0.697. The van der Waals surface area contributed by atoms with E-state index < -0.39 is 0 Å². The van der Waals surface area contributed by atoms with Crippen molar-refractivity contribution in [2.75, 3.05) is 0 Å². The largest absolute Gasteiger partial charge is 0.309 e. The first-order valence-corrected chi connectivity index (χ1v) is 31.4. The Kier molecular flexibility index (Phi) is 13.7. The van der Waals surface area contributed by atoms with Gasteiger partial charge in [-0.05, 0) is 96.1 Å². The van der Waals surface area contributed by atoms with Crippen LogP contribution in [-0.2, 0) is 0 Å². The van der Waals surface area contributed by atoms with Crippen LogP contribution in [0.25, 0.3) is 161 Å². The number of nitrogens with zero attached hydrogens (tertiary/aromatic N) is 7. The summed E-state index contributed by atoms with van der Waals surface area (Å²) in [5, 5.41) is 7.45. The molecule has 5 heterocycles. The highest BCUT2D eigenvalue weighted by Crippen LogP contribution is 2.40. The molecule has 0 saturated heterocycles. The molecule has 0 fully saturated rings. The van der Waals surface area contributed by atoms with Crippen LogP contribution >= 0.6 is 0 Å². The van der Waals surface area contributed by atoms with Gasteiger partial charge >= 0.3 is 0 Å². The van der Waals surface area contributed by atoms with Crippen LogP contribution in [0.2, 0.25) is 0 Å². The van der Waals surface area contributed by atoms with Gasteiger partial charge in [0.25, 0.3) is 0 Å². The van der Waals surface area contributed by atoms with E-state index in [0.717, 1.165) is 112 Å². The third-order valence-electron chi connectivity index (χ3n) is 17.7. The summed E-state index contributed by atoms with van der Waals surface area (Å²) in [6, 6.07) is 122. The van der Waals surface area contributed by atoms with Crippen LogP contribution in [0.15, 0.2) is 346 Å². The summed E-state index contributed by atoms with van der Waals surface area (Å²) in [4.78, 5) is 20.3. The fraction of sp³-hybridized carbons (Fsp3) is 0. The van der Waals surface area contributed by atoms with E-state index in [0.29, 0.717) is 5.82 Å². The van der Waals surface area contributed by atoms with Crippen molar-refractivity contribution in [2.45, 2.75) is 0 Å². The molecule has 0 N–H and O–H groups in total. The third-order valence-corrected chi connectivity index (χ3v) is 17.7. The zero-order valence-electron chi connectivity index (χ0n) is 50.5. The molecule has 13 aromatic carbocycles. The molecule has 0 unspecified atom stereocenters. The van der Waals surface area contributed by atoms with E-state index in [1.54, 1.807) is 0 Å². The Morgan fingerprint density at radius 2 is 0.441 bits per heavy atom. The number of benzene rings is 13. The summed E-state index contributed by atoms with van der Waals surface area (Å²) in [5.41, 5.74) is 22.4. The van der Waals surface area contributed by atoms with E-state index in [9.17, 15) is 0 Å². The zero-order valence-corrected chi connectivity index (χ0v) is 50.5. The molecule has 5 aromatic heterocycles. The molecule has 93 heavy (non-hydrogen) atoms. The maximum Gasteiger partial charge on any atom is 0.160 e. The first kappa shape index (κ1) is 54.6. The molecule has 0 aliphatic carbocycles. The molecular formula is C86H57N7. The van der Waals surface area contributed by atoms with Crippen LogP contribution in [0, 0.1) is 0 Å². The molecule has 18 aromatic rings. The van der Waals surface area contributed by atoms with Gasteiger partial charge in [-0.15, -0.1) is 0 Å². The Labute approximate surface area is 537 Å². The SMILES string of the molecule is c1ccc(-c2cc(-c3cc(-n4c5ccccc5c5ccccc54)cc(-n4c5ccccc5c5ccccc54)c3)nc(-c3ccccc3)n2)cc1.c1ccc(-c2cc(-c3cccc(-c4ccc(-n5c6ccccc6c6ccccc65)cc4)c3)nc(-c3ccccc3)n2)cc1. The first-order valence-electron chi connectivity index (χ1n) is 31.4. The molecule has 7 heteroatoms. The van der Waals surface area contributed by atoms with Crippen molar-refractivity contribution < 1.29 is 0 Å². The Morgan fingerprint density at radius 3 is 0.806 bits per heavy atom. The monoisotopic (exact) mass is 1190 g/mol. The van der Waals surface area contributed by atoms with Crippen LogP contribution in [0.1, 0.15) is 0 Å². The molecule has 0 spiro atoms. The van der Waals surface area contributed by atoms with Crippen molar-refractivity contribution in [3.05, 3.63) is 346 Å². The standard InChI is InChI=1S/C46H30N4.C40H27N3/c1-3-15-31(16-4-1)40-30-41(48-46(47-40)32-17-5-2-6-18-32)33-27-34(49-42-23-11-7-19-36(42)37-20-8-12-24-43(37)49)29-35(28-33)50-44-25-13-9-21-38(44)39-22-10-14-26-45(39)50;1-3-12-29(13-4-1)36-27-37(42-40(41-36)30-14-5-2-6-15-30)32-17-11-16-31(26-32)28-22-24-33(25-23-28)43-38-20-9-7-18-34(38)35-19-8-10-21-39(35)43/h1-30H;1-27H. The average Bonchev–Trinajstić information content (AvgIpc) is 1.87. The normalized spacial score (nSPS) is 11.4. The van der Waals surface area contributed by atoms with Gasteiger partial charge in [0.05, 0.1) is 55.9 Å². The molecule has 0 saturated carbocycles. The van der Waals surface area contributed by atoms with Gasteiger partial charge in [-0.1, -0.05) is 261 Å². The highest BCUT2D eigenvalue weighted by molar-refractivity contribution is 6.11. The second kappa shape index (κ2) is 23.4. The number of para-hydroxylation sites is 6. The zero-order chi connectivity index (χ0) is 61.6. The molecular weight excluding hydrogens is 1130 g/mol. The summed E-state index contributed by atoms with van der Waals surface area (Å²) in [6.07, 6.45) is 0. The quantitative estimate of drug-likeness (QED) is 0.137. The molecule has 0 aliphatic rings. The van der Waals surface area contributed by atoms with Gasteiger partial charge in [0.2, 0.25) is 0 Å². The molecule has 7 nitrogen and oxygen atoms in total. The van der Waals surface area contributed by atoms with Crippen molar-refractivity contribution in [3.8, 4) is 96.0 Å². The van der Waals surface area contributed by atoms with Gasteiger partial charge in [-0.2, -0.15) is 0 Å². The number of hydrogen-bond acceptors (Lipinski definition) is 4. The smallest absolute Gasteiger partial charge is 0.160 e. The fourth-order valence-corrected chi connectivity index (χ4v) is 13.4. The number of rotatable bonds is 10. The lowest BCUT2D eigenvalue weighted by Gasteiger charge is -2.16. The van der Waals surface area contributed by atoms with E-state index in [4.69, 9.17) is 19.9 Å². The second-order valence-electron chi connectivity index (χ2n) is 23.4. The summed E-state index contributed by atoms with van der Waals surface area (Å²) >= 11 is 0. The number of fused-ring (bicyclic) bond motifs is 9. The summed E-state index contributed by atoms with van der Waals surface area (Å²) in [7, 11) is 0. The molecule has 436 valence electrons. The average molecular weight is 1190 g/mol. The first-order chi connectivity index (χ1) is 46.1. The van der Waals surface area contributed by atoms with E-state index in [-0.39, 0.29) is 0 Å². The molecule has 0 atom stereocenters. The van der Waals surface area contributed by atoms with E-state index >= 15 is 0 Å². The maximum atomic E-state index is 5.26. The second-order valence-corrected chi connectivity index (χ2v) is 23.4. The molecule has 0 aliphatic heterocycles. The Balaban J connectivity index is 0.000000144.